The molecule has 1 aliphatic heterocycles. The van der Waals surface area contributed by atoms with Crippen molar-refractivity contribution in [2.75, 3.05) is 13.1 Å². The number of amides is 5. The van der Waals surface area contributed by atoms with Crippen LogP contribution in [-0.2, 0) is 42.7 Å². The Labute approximate surface area is 343 Å². The van der Waals surface area contributed by atoms with Gasteiger partial charge in [-0.15, -0.1) is 5.10 Å². The molecular formula is C42H56N8O9. The van der Waals surface area contributed by atoms with Crippen LogP contribution in [0.3, 0.4) is 0 Å². The molecule has 59 heavy (non-hydrogen) atoms. The first-order chi connectivity index (χ1) is 28.2. The molecule has 318 valence electrons. The van der Waals surface area contributed by atoms with Gasteiger partial charge in [-0.25, -0.2) is 9.48 Å². The molecule has 3 aromatic rings. The van der Waals surface area contributed by atoms with Gasteiger partial charge in [-0.3, -0.25) is 24.0 Å². The number of nitrogens with two attached hydrogens (primary N) is 1. The number of benzene rings is 2. The highest BCUT2D eigenvalue weighted by Gasteiger charge is 2.45. The summed E-state index contributed by atoms with van der Waals surface area (Å²) in [6.45, 7) is 3.11. The Morgan fingerprint density at radius 3 is 2.37 bits per heavy atom. The van der Waals surface area contributed by atoms with Gasteiger partial charge in [-0.2, -0.15) is 0 Å². The fourth-order valence-electron chi connectivity index (χ4n) is 7.81. The topological polar surface area (TPSA) is 248 Å². The Morgan fingerprint density at radius 1 is 0.949 bits per heavy atom. The van der Waals surface area contributed by atoms with E-state index in [0.717, 1.165) is 37.7 Å². The zero-order valence-corrected chi connectivity index (χ0v) is 33.7. The van der Waals surface area contributed by atoms with Crippen LogP contribution in [0, 0.1) is 5.92 Å². The van der Waals surface area contributed by atoms with E-state index < -0.39 is 65.3 Å². The third-order valence-electron chi connectivity index (χ3n) is 11.0. The normalized spacial score (nSPS) is 18.1. The summed E-state index contributed by atoms with van der Waals surface area (Å²) in [5, 5.41) is 37.0. The molecule has 4 atom stereocenters. The second-order valence-corrected chi connectivity index (χ2v) is 15.9. The molecular weight excluding hydrogens is 761 g/mol. The van der Waals surface area contributed by atoms with Crippen LogP contribution in [-0.4, -0.2) is 96.8 Å². The third-order valence-corrected chi connectivity index (χ3v) is 11.0. The van der Waals surface area contributed by atoms with Gasteiger partial charge < -0.3 is 41.5 Å². The van der Waals surface area contributed by atoms with Crippen molar-refractivity contribution in [3.8, 4) is 0 Å². The summed E-state index contributed by atoms with van der Waals surface area (Å²) < 4.78 is 6.71. The van der Waals surface area contributed by atoms with Crippen molar-refractivity contribution >= 4 is 35.5 Å². The fourth-order valence-corrected chi connectivity index (χ4v) is 7.81. The van der Waals surface area contributed by atoms with Crippen molar-refractivity contribution in [1.29, 1.82) is 0 Å². The van der Waals surface area contributed by atoms with Crippen LogP contribution in [0.5, 0.6) is 0 Å². The Bertz CT molecular complexity index is 1930. The van der Waals surface area contributed by atoms with E-state index in [1.807, 2.05) is 30.3 Å². The number of hydrogen-bond acceptors (Lipinski definition) is 11. The van der Waals surface area contributed by atoms with Crippen LogP contribution in [0.1, 0.15) is 111 Å². The smallest absolute Gasteiger partial charge is 0.407 e. The number of nitrogens with one attached hydrogen (secondary N) is 3. The number of aromatic nitrogens is 3. The van der Waals surface area contributed by atoms with Gasteiger partial charge in [0.15, 0.2) is 0 Å². The van der Waals surface area contributed by atoms with E-state index in [9.17, 15) is 39.0 Å². The summed E-state index contributed by atoms with van der Waals surface area (Å²) in [6.07, 6.45) is 6.64. The van der Waals surface area contributed by atoms with Crippen LogP contribution < -0.4 is 21.7 Å². The minimum absolute atomic E-state index is 0.0115. The van der Waals surface area contributed by atoms with Gasteiger partial charge in [-0.05, 0) is 68.7 Å². The average molecular weight is 817 g/mol. The number of unbranched alkanes of at least 4 members (excludes halogenated alkanes) is 1. The number of likely N-dealkylation sites (tertiary alicyclic amines) is 1. The zero-order chi connectivity index (χ0) is 42.5. The van der Waals surface area contributed by atoms with E-state index in [0.29, 0.717) is 30.5 Å². The van der Waals surface area contributed by atoms with Gasteiger partial charge in [-0.1, -0.05) is 79.8 Å². The number of primary amides is 1. The number of hydrogen-bond donors (Lipinski definition) is 6. The summed E-state index contributed by atoms with van der Waals surface area (Å²) >= 11 is 0. The number of ketones is 1. The lowest BCUT2D eigenvalue weighted by Crippen LogP contribution is -2.56. The summed E-state index contributed by atoms with van der Waals surface area (Å²) in [6, 6.07) is 11.5. The fraction of sp³-hybridized carbons (Fsp3) is 0.524. The van der Waals surface area contributed by atoms with Crippen LogP contribution in [0.25, 0.3) is 0 Å². The lowest BCUT2D eigenvalue weighted by atomic mass is 9.84. The molecule has 1 saturated heterocycles. The molecule has 5 rings (SSSR count). The maximum absolute atomic E-state index is 14.8. The Kier molecular flexibility index (Phi) is 15.7. The molecule has 17 heteroatoms. The molecule has 1 aromatic heterocycles. The van der Waals surface area contributed by atoms with Gasteiger partial charge in [0.1, 0.15) is 24.3 Å². The van der Waals surface area contributed by atoms with E-state index in [1.165, 1.54) is 15.8 Å². The number of ether oxygens (including phenoxy) is 1. The number of alkyl carbamates (subject to hydrolysis) is 1. The molecule has 17 nitrogen and oxygen atoms in total. The van der Waals surface area contributed by atoms with Crippen LogP contribution >= 0.6 is 0 Å². The minimum Gasteiger partial charge on any atom is -0.445 e. The largest absolute Gasteiger partial charge is 0.445 e. The minimum atomic E-state index is -1.37. The van der Waals surface area contributed by atoms with Gasteiger partial charge in [0.2, 0.25) is 17.6 Å². The van der Waals surface area contributed by atoms with Crippen molar-refractivity contribution in [3.05, 3.63) is 83.2 Å². The van der Waals surface area contributed by atoms with Gasteiger partial charge in [0, 0.05) is 25.1 Å². The van der Waals surface area contributed by atoms with Crippen molar-refractivity contribution in [2.45, 2.75) is 121 Å². The summed E-state index contributed by atoms with van der Waals surface area (Å²) in [5.41, 5.74) is 6.00. The molecule has 1 aliphatic carbocycles. The lowest BCUT2D eigenvalue weighted by Gasteiger charge is -2.32. The number of carbonyl (C=O) groups is 6. The predicted molar refractivity (Wildman–Crippen MR) is 214 cm³/mol. The Hall–Kier alpha value is -5.68. The molecule has 2 aliphatic rings. The van der Waals surface area contributed by atoms with Gasteiger partial charge >= 0.3 is 6.09 Å². The molecule has 2 fully saturated rings. The maximum Gasteiger partial charge on any atom is 0.407 e. The number of aliphatic hydroxyl groups excluding tert-OH is 1. The molecule has 0 radical (unpaired) electrons. The second-order valence-electron chi connectivity index (χ2n) is 15.9. The lowest BCUT2D eigenvalue weighted by molar-refractivity contribution is -0.142. The third kappa shape index (κ3) is 12.4. The first kappa shape index (κ1) is 44.4. The predicted octanol–water partition coefficient (Wildman–Crippen LogP) is 2.54. The highest BCUT2D eigenvalue weighted by atomic mass is 16.5. The summed E-state index contributed by atoms with van der Waals surface area (Å²) in [7, 11) is 0. The average Bonchev–Trinajstić information content (AvgIpc) is 3.91. The molecule has 2 aromatic carbocycles. The monoisotopic (exact) mass is 816 g/mol. The van der Waals surface area contributed by atoms with Crippen LogP contribution in [0.15, 0.2) is 60.8 Å². The van der Waals surface area contributed by atoms with E-state index in [1.54, 1.807) is 38.1 Å². The van der Waals surface area contributed by atoms with E-state index >= 15 is 0 Å². The van der Waals surface area contributed by atoms with Crippen molar-refractivity contribution in [3.63, 3.8) is 0 Å². The molecule has 1 saturated carbocycles. The summed E-state index contributed by atoms with van der Waals surface area (Å²) in [5.74, 6) is -3.87. The number of nitrogens with zero attached hydrogens (tertiary/aromatic N) is 4. The van der Waals surface area contributed by atoms with Gasteiger partial charge in [0.05, 0.1) is 30.6 Å². The Morgan fingerprint density at radius 2 is 1.68 bits per heavy atom. The van der Waals surface area contributed by atoms with Gasteiger partial charge in [0.25, 0.3) is 11.8 Å². The number of rotatable bonds is 19. The quantitative estimate of drug-likeness (QED) is 0.0758. The first-order valence-electron chi connectivity index (χ1n) is 20.3. The standard InChI is InChI=1S/C42H56N8O9/c1-42(2,58)35-23-45-48-50(35)31-22-34(39(55)46-32(36(52)37(43)53)18-9-10-19-44-41(57)59-26-28-14-7-4-8-15-28)49(24-31)40(56)33(21-27-12-5-3-6-13-27)47-38(54)30-17-11-16-29(20-30)25-51/h4,7-8,11,14-17,20,23,27,31-34,51,58H,3,5-6,9-10,12-13,18-19,21-22,24-26H2,1-2H3,(H2,43,53)(H,44,57)(H,46,55)(H,47,54)/t31-,32?,33+,34-/m0/s1. The Balaban J connectivity index is 1.33. The molecule has 0 spiro atoms. The first-order valence-corrected chi connectivity index (χ1v) is 20.3. The zero-order valence-electron chi connectivity index (χ0n) is 33.7. The molecule has 2 heterocycles. The SMILES string of the molecule is CC(C)(O)c1cnnn1[C@H]1C[C@@H](C(=O)NC(CCCCNC(=O)OCc2ccccc2)C(=O)C(N)=O)N(C(=O)[C@@H](CC2CCCCC2)NC(=O)c2cccc(CO)c2)C1. The van der Waals surface area contributed by atoms with Crippen molar-refractivity contribution in [2.24, 2.45) is 11.7 Å². The number of aliphatic hydroxyl groups is 2. The van der Waals surface area contributed by atoms with Crippen molar-refractivity contribution < 1.29 is 43.7 Å². The summed E-state index contributed by atoms with van der Waals surface area (Å²) in [4.78, 5) is 81.5. The number of Topliss-reactive ketones (excluding diaryl/α,β-unsaturated/α-hetero) is 1. The van der Waals surface area contributed by atoms with E-state index in [4.69, 9.17) is 10.5 Å². The van der Waals surface area contributed by atoms with E-state index in [2.05, 4.69) is 26.3 Å². The highest BCUT2D eigenvalue weighted by molar-refractivity contribution is 6.37. The van der Waals surface area contributed by atoms with E-state index in [-0.39, 0.29) is 50.6 Å². The van der Waals surface area contributed by atoms with Crippen molar-refractivity contribution in [1.82, 2.24) is 35.8 Å². The van der Waals surface area contributed by atoms with Crippen LogP contribution in [0.4, 0.5) is 4.79 Å². The second kappa shape index (κ2) is 20.8. The maximum atomic E-state index is 14.8. The molecule has 7 N–H and O–H groups in total. The molecule has 5 amide bonds. The number of carbonyl (C=O) groups excluding carboxylic acids is 6. The van der Waals surface area contributed by atoms with Crippen LogP contribution in [0.2, 0.25) is 0 Å². The molecule has 1 unspecified atom stereocenters. The molecule has 0 bridgehead atoms. The highest BCUT2D eigenvalue weighted by Crippen LogP contribution is 2.33.